The minimum absolute atomic E-state index is 0.490. The molecule has 0 spiro atoms. The molecule has 82 valence electrons. The van der Waals surface area contributed by atoms with Gasteiger partial charge in [-0.3, -0.25) is 0 Å². The summed E-state index contributed by atoms with van der Waals surface area (Å²) in [4.78, 5) is 10.8. The van der Waals surface area contributed by atoms with Crippen LogP contribution in [0.5, 0.6) is 0 Å². The maximum Gasteiger partial charge on any atom is 0.407 e. The van der Waals surface area contributed by atoms with Crippen LogP contribution < -0.4 is 5.32 Å². The van der Waals surface area contributed by atoms with Gasteiger partial charge in [-0.1, -0.05) is 6.92 Å². The van der Waals surface area contributed by atoms with E-state index in [1.165, 1.54) is 0 Å². The lowest BCUT2D eigenvalue weighted by atomic mass is 9.76. The van der Waals surface area contributed by atoms with Crippen molar-refractivity contribution in [2.24, 2.45) is 11.8 Å². The van der Waals surface area contributed by atoms with Crippen LogP contribution in [0.1, 0.15) is 19.8 Å². The molecule has 0 saturated heterocycles. The normalized spacial score (nSPS) is 25.7. The van der Waals surface area contributed by atoms with Crippen molar-refractivity contribution >= 4 is 6.09 Å². The second kappa shape index (κ2) is 5.12. The van der Waals surface area contributed by atoms with Crippen LogP contribution in [0.3, 0.4) is 0 Å². The highest BCUT2D eigenvalue weighted by molar-refractivity contribution is 5.67. The molecule has 1 saturated carbocycles. The quantitative estimate of drug-likeness (QED) is 0.765. The van der Waals surface area contributed by atoms with E-state index in [2.05, 4.69) is 17.0 Å². The Morgan fingerprint density at radius 2 is 2.21 bits per heavy atom. The van der Waals surface area contributed by atoms with E-state index in [1.807, 2.05) is 0 Å². The molecule has 0 atom stereocenters. The molecule has 5 heteroatoms. The molecule has 0 aromatic heterocycles. The Kier molecular flexibility index (Phi) is 4.10. The average molecular weight is 207 g/mol. The summed E-state index contributed by atoms with van der Waals surface area (Å²) in [6.07, 6.45) is -1.15. The van der Waals surface area contributed by atoms with Crippen LogP contribution in [0.15, 0.2) is 0 Å². The van der Waals surface area contributed by atoms with E-state index in [1.54, 1.807) is 0 Å². The van der Waals surface area contributed by atoms with E-state index < -0.39 is 19.1 Å². The molecule has 1 aliphatic rings. The Bertz CT molecular complexity index is 193. The van der Waals surface area contributed by atoms with E-state index in [-0.39, 0.29) is 0 Å². The zero-order valence-corrected chi connectivity index (χ0v) is 8.13. The molecule has 3 nitrogen and oxygen atoms in total. The van der Waals surface area contributed by atoms with Gasteiger partial charge in [-0.05, 0) is 24.7 Å². The van der Waals surface area contributed by atoms with Crippen LogP contribution in [0.2, 0.25) is 0 Å². The van der Waals surface area contributed by atoms with E-state index >= 15 is 0 Å². The van der Waals surface area contributed by atoms with Gasteiger partial charge in [0.2, 0.25) is 0 Å². The Morgan fingerprint density at radius 1 is 1.57 bits per heavy atom. The molecule has 0 aromatic rings. The van der Waals surface area contributed by atoms with Crippen molar-refractivity contribution in [2.75, 3.05) is 13.2 Å². The van der Waals surface area contributed by atoms with Gasteiger partial charge in [0, 0.05) is 6.54 Å². The van der Waals surface area contributed by atoms with Crippen LogP contribution in [0.4, 0.5) is 13.6 Å². The van der Waals surface area contributed by atoms with Crippen LogP contribution in [0, 0.1) is 11.8 Å². The first-order chi connectivity index (χ1) is 6.58. The summed E-state index contributed by atoms with van der Waals surface area (Å²) in [6.45, 7) is 1.85. The van der Waals surface area contributed by atoms with Crippen molar-refractivity contribution in [2.45, 2.75) is 26.2 Å². The molecule has 0 aliphatic heterocycles. The topological polar surface area (TPSA) is 38.3 Å². The molecule has 1 rings (SSSR count). The van der Waals surface area contributed by atoms with Crippen molar-refractivity contribution < 1.29 is 18.3 Å². The first kappa shape index (κ1) is 11.2. The smallest absolute Gasteiger partial charge is 0.407 e. The molecule has 1 fully saturated rings. The zero-order chi connectivity index (χ0) is 10.6. The number of rotatable bonds is 4. The third-order valence-electron chi connectivity index (χ3n) is 2.35. The minimum Gasteiger partial charge on any atom is -0.443 e. The van der Waals surface area contributed by atoms with E-state index in [0.717, 1.165) is 18.8 Å². The van der Waals surface area contributed by atoms with Gasteiger partial charge in [-0.25, -0.2) is 13.6 Å². The lowest BCUT2D eigenvalue weighted by molar-refractivity contribution is 0.0475. The maximum atomic E-state index is 11.6. The molecular formula is C9H15F2NO2. The lowest BCUT2D eigenvalue weighted by Gasteiger charge is -2.32. The molecule has 0 bridgehead atoms. The Hall–Kier alpha value is -0.870. The molecule has 0 aromatic carbocycles. The van der Waals surface area contributed by atoms with Crippen molar-refractivity contribution in [3.8, 4) is 0 Å². The number of nitrogens with one attached hydrogen (secondary N) is 1. The molecule has 14 heavy (non-hydrogen) atoms. The second-order valence-electron chi connectivity index (χ2n) is 3.81. The predicted molar refractivity (Wildman–Crippen MR) is 47.2 cm³/mol. The standard InChI is InChI=1S/C9H15F2NO2/c1-6-2-7(3-6)4-12-9(13)14-5-8(10)11/h6-8H,2-5H2,1H3,(H,12,13). The van der Waals surface area contributed by atoms with Crippen molar-refractivity contribution in [1.82, 2.24) is 5.32 Å². The van der Waals surface area contributed by atoms with Crippen molar-refractivity contribution in [3.05, 3.63) is 0 Å². The highest BCUT2D eigenvalue weighted by Gasteiger charge is 2.25. The highest BCUT2D eigenvalue weighted by atomic mass is 19.3. The summed E-state index contributed by atoms with van der Waals surface area (Å²) in [5.74, 6) is 1.21. The van der Waals surface area contributed by atoms with Gasteiger partial charge in [0.15, 0.2) is 6.61 Å². The number of hydrogen-bond acceptors (Lipinski definition) is 2. The number of halogens is 2. The number of ether oxygens (including phenoxy) is 1. The first-order valence-corrected chi connectivity index (χ1v) is 4.76. The lowest BCUT2D eigenvalue weighted by Crippen LogP contribution is -2.36. The fourth-order valence-electron chi connectivity index (χ4n) is 1.65. The van der Waals surface area contributed by atoms with E-state index in [0.29, 0.717) is 12.5 Å². The maximum absolute atomic E-state index is 11.6. The van der Waals surface area contributed by atoms with Crippen LogP contribution in [0.25, 0.3) is 0 Å². The number of amides is 1. The van der Waals surface area contributed by atoms with Crippen molar-refractivity contribution in [3.63, 3.8) is 0 Å². The molecule has 1 aliphatic carbocycles. The summed E-state index contributed by atoms with van der Waals surface area (Å²) in [7, 11) is 0. The third kappa shape index (κ3) is 3.89. The zero-order valence-electron chi connectivity index (χ0n) is 8.13. The Balaban J connectivity index is 1.98. The van der Waals surface area contributed by atoms with Gasteiger partial charge in [-0.15, -0.1) is 0 Å². The Labute approximate surface area is 81.8 Å². The highest BCUT2D eigenvalue weighted by Crippen LogP contribution is 2.32. The number of carbonyl (C=O) groups excluding carboxylic acids is 1. The first-order valence-electron chi connectivity index (χ1n) is 4.76. The molecule has 1 N–H and O–H groups in total. The van der Waals surface area contributed by atoms with Gasteiger partial charge in [-0.2, -0.15) is 0 Å². The molecule has 0 unspecified atom stereocenters. The third-order valence-corrected chi connectivity index (χ3v) is 2.35. The largest absolute Gasteiger partial charge is 0.443 e. The predicted octanol–water partition coefficient (Wildman–Crippen LogP) is 2.02. The van der Waals surface area contributed by atoms with Crippen LogP contribution in [-0.4, -0.2) is 25.7 Å². The van der Waals surface area contributed by atoms with Crippen molar-refractivity contribution in [1.29, 1.82) is 0 Å². The number of alkyl carbamates (subject to hydrolysis) is 1. The molecule has 0 heterocycles. The molecule has 0 radical (unpaired) electrons. The molecular weight excluding hydrogens is 192 g/mol. The van der Waals surface area contributed by atoms with Gasteiger partial charge in [0.05, 0.1) is 0 Å². The monoisotopic (exact) mass is 207 g/mol. The average Bonchev–Trinajstić information content (AvgIpc) is 2.07. The summed E-state index contributed by atoms with van der Waals surface area (Å²) >= 11 is 0. The van der Waals surface area contributed by atoms with Gasteiger partial charge >= 0.3 is 6.09 Å². The fourth-order valence-corrected chi connectivity index (χ4v) is 1.65. The molecule has 1 amide bonds. The number of hydrogen-bond donors (Lipinski definition) is 1. The SMILES string of the molecule is CC1CC(CNC(=O)OCC(F)F)C1. The minimum atomic E-state index is -2.59. The summed E-state index contributed by atoms with van der Waals surface area (Å²) in [5, 5.41) is 2.47. The summed E-state index contributed by atoms with van der Waals surface area (Å²) < 4.78 is 27.5. The van der Waals surface area contributed by atoms with Crippen LogP contribution in [-0.2, 0) is 4.74 Å². The second-order valence-corrected chi connectivity index (χ2v) is 3.81. The van der Waals surface area contributed by atoms with Gasteiger partial charge in [0.25, 0.3) is 6.43 Å². The summed E-state index contributed by atoms with van der Waals surface area (Å²) in [5.41, 5.74) is 0. The van der Waals surface area contributed by atoms with Crippen LogP contribution >= 0.6 is 0 Å². The summed E-state index contributed by atoms with van der Waals surface area (Å²) in [6, 6.07) is 0. The number of alkyl halides is 2. The Morgan fingerprint density at radius 3 is 2.71 bits per heavy atom. The van der Waals surface area contributed by atoms with Gasteiger partial charge < -0.3 is 10.1 Å². The van der Waals surface area contributed by atoms with E-state index in [4.69, 9.17) is 0 Å². The fraction of sp³-hybridized carbons (Fsp3) is 0.889. The number of carbonyl (C=O) groups is 1. The van der Waals surface area contributed by atoms with E-state index in [9.17, 15) is 13.6 Å². The van der Waals surface area contributed by atoms with Gasteiger partial charge in [0.1, 0.15) is 0 Å².